The highest BCUT2D eigenvalue weighted by Crippen LogP contribution is 2.27. The molecule has 0 aromatic heterocycles. The van der Waals surface area contributed by atoms with Crippen molar-refractivity contribution in [2.75, 3.05) is 19.7 Å². The van der Waals surface area contributed by atoms with Gasteiger partial charge in [0.15, 0.2) is 0 Å². The average Bonchev–Trinajstić information content (AvgIpc) is 2.69. The van der Waals surface area contributed by atoms with E-state index >= 15 is 0 Å². The van der Waals surface area contributed by atoms with Crippen molar-refractivity contribution in [3.63, 3.8) is 0 Å². The van der Waals surface area contributed by atoms with Gasteiger partial charge in [-0.2, -0.15) is 0 Å². The maximum Gasteiger partial charge on any atom is 0.0949 e. The second kappa shape index (κ2) is 6.00. The molecule has 2 nitrogen and oxygen atoms in total. The Bertz CT molecular complexity index is 574. The van der Waals surface area contributed by atoms with E-state index in [1.165, 1.54) is 16.7 Å². The van der Waals surface area contributed by atoms with Crippen LogP contribution in [0.25, 0.3) is 11.1 Å². The zero-order chi connectivity index (χ0) is 14.7. The van der Waals surface area contributed by atoms with E-state index in [1.807, 2.05) is 6.07 Å². The van der Waals surface area contributed by atoms with Crippen molar-refractivity contribution in [3.05, 3.63) is 60.2 Å². The molecule has 0 radical (unpaired) electrons. The molecule has 2 aromatic rings. The van der Waals surface area contributed by atoms with Crippen LogP contribution in [0.5, 0.6) is 0 Å². The van der Waals surface area contributed by atoms with Crippen molar-refractivity contribution in [1.29, 1.82) is 0 Å². The maximum atomic E-state index is 6.09. The summed E-state index contributed by atoms with van der Waals surface area (Å²) < 4.78 is 6.09. The van der Waals surface area contributed by atoms with E-state index in [0.717, 1.165) is 19.7 Å². The Morgan fingerprint density at radius 2 is 1.62 bits per heavy atom. The van der Waals surface area contributed by atoms with Gasteiger partial charge < -0.3 is 10.1 Å². The first kappa shape index (κ1) is 14.3. The lowest BCUT2D eigenvalue weighted by molar-refractivity contribution is 0.0260. The summed E-state index contributed by atoms with van der Waals surface area (Å²) in [5.74, 6) is 0. The van der Waals surface area contributed by atoms with Gasteiger partial charge in [-0.15, -0.1) is 0 Å². The summed E-state index contributed by atoms with van der Waals surface area (Å²) in [5.41, 5.74) is 3.96. The molecule has 0 saturated carbocycles. The fourth-order valence-corrected chi connectivity index (χ4v) is 2.71. The number of nitrogens with one attached hydrogen (secondary N) is 1. The monoisotopic (exact) mass is 281 g/mol. The molecule has 1 heterocycles. The molecule has 21 heavy (non-hydrogen) atoms. The van der Waals surface area contributed by atoms with Crippen molar-refractivity contribution < 1.29 is 4.74 Å². The van der Waals surface area contributed by atoms with Crippen LogP contribution >= 0.6 is 0 Å². The van der Waals surface area contributed by atoms with Crippen LogP contribution in [-0.2, 0) is 4.74 Å². The lowest BCUT2D eigenvalue weighted by atomic mass is 9.95. The SMILES string of the molecule is CC1(C)CNCC(c2ccc(-c3ccccc3)cc2)OC1. The molecule has 1 N–H and O–H groups in total. The molecule has 1 unspecified atom stereocenters. The molecular formula is C19H23NO. The molecule has 2 heteroatoms. The molecule has 3 rings (SSSR count). The normalized spacial score (nSPS) is 21.7. The van der Waals surface area contributed by atoms with E-state index in [4.69, 9.17) is 4.74 Å². The van der Waals surface area contributed by atoms with Gasteiger partial charge in [-0.05, 0) is 16.7 Å². The van der Waals surface area contributed by atoms with Crippen molar-refractivity contribution in [2.45, 2.75) is 20.0 Å². The quantitative estimate of drug-likeness (QED) is 0.897. The first-order valence-electron chi connectivity index (χ1n) is 7.62. The predicted molar refractivity (Wildman–Crippen MR) is 87.2 cm³/mol. The van der Waals surface area contributed by atoms with E-state index in [0.29, 0.717) is 0 Å². The Morgan fingerprint density at radius 3 is 2.33 bits per heavy atom. The molecule has 1 aliphatic rings. The van der Waals surface area contributed by atoms with E-state index in [1.54, 1.807) is 0 Å². The fourth-order valence-electron chi connectivity index (χ4n) is 2.71. The van der Waals surface area contributed by atoms with Gasteiger partial charge in [0, 0.05) is 18.5 Å². The summed E-state index contributed by atoms with van der Waals surface area (Å²) in [4.78, 5) is 0. The highest BCUT2D eigenvalue weighted by Gasteiger charge is 2.25. The second-order valence-corrected chi connectivity index (χ2v) is 6.58. The van der Waals surface area contributed by atoms with Crippen LogP contribution in [0.4, 0.5) is 0 Å². The van der Waals surface area contributed by atoms with Gasteiger partial charge in [-0.1, -0.05) is 68.4 Å². The molecule has 0 spiro atoms. The second-order valence-electron chi connectivity index (χ2n) is 6.58. The minimum absolute atomic E-state index is 0.150. The van der Waals surface area contributed by atoms with Gasteiger partial charge in [0.25, 0.3) is 0 Å². The van der Waals surface area contributed by atoms with Crippen molar-refractivity contribution in [2.24, 2.45) is 5.41 Å². The van der Waals surface area contributed by atoms with E-state index in [-0.39, 0.29) is 11.5 Å². The van der Waals surface area contributed by atoms with Gasteiger partial charge in [0.1, 0.15) is 0 Å². The number of hydrogen-bond donors (Lipinski definition) is 1. The fraction of sp³-hybridized carbons (Fsp3) is 0.368. The molecule has 0 amide bonds. The van der Waals surface area contributed by atoms with Crippen LogP contribution < -0.4 is 5.32 Å². The summed E-state index contributed by atoms with van der Waals surface area (Å²) in [6.07, 6.45) is 0.150. The third-order valence-electron chi connectivity index (χ3n) is 4.00. The van der Waals surface area contributed by atoms with Crippen molar-refractivity contribution in [1.82, 2.24) is 5.32 Å². The predicted octanol–water partition coefficient (Wildman–Crippen LogP) is 4.04. The Hall–Kier alpha value is -1.64. The van der Waals surface area contributed by atoms with Gasteiger partial charge >= 0.3 is 0 Å². The summed E-state index contributed by atoms with van der Waals surface area (Å²) >= 11 is 0. The van der Waals surface area contributed by atoms with Crippen LogP contribution in [-0.4, -0.2) is 19.7 Å². The largest absolute Gasteiger partial charge is 0.372 e. The summed E-state index contributed by atoms with van der Waals surface area (Å²) in [6, 6.07) is 19.2. The lowest BCUT2D eigenvalue weighted by Gasteiger charge is -2.21. The molecule has 1 aliphatic heterocycles. The molecule has 1 saturated heterocycles. The smallest absolute Gasteiger partial charge is 0.0949 e. The van der Waals surface area contributed by atoms with Gasteiger partial charge in [0.05, 0.1) is 12.7 Å². The van der Waals surface area contributed by atoms with Crippen LogP contribution in [0.3, 0.4) is 0 Å². The minimum atomic E-state index is 0.150. The van der Waals surface area contributed by atoms with Crippen LogP contribution in [0.1, 0.15) is 25.5 Å². The molecule has 0 aliphatic carbocycles. The van der Waals surface area contributed by atoms with Gasteiger partial charge in [-0.25, -0.2) is 0 Å². The highest BCUT2D eigenvalue weighted by molar-refractivity contribution is 5.63. The third-order valence-corrected chi connectivity index (χ3v) is 4.00. The Labute approximate surface area is 127 Å². The number of ether oxygens (including phenoxy) is 1. The summed E-state index contributed by atoms with van der Waals surface area (Å²) in [5, 5.41) is 3.51. The molecule has 0 bridgehead atoms. The van der Waals surface area contributed by atoms with Crippen molar-refractivity contribution >= 4 is 0 Å². The van der Waals surface area contributed by atoms with Gasteiger partial charge in [-0.3, -0.25) is 0 Å². The third kappa shape index (κ3) is 3.52. The summed E-state index contributed by atoms with van der Waals surface area (Å²) in [6.45, 7) is 7.16. The molecule has 2 aromatic carbocycles. The highest BCUT2D eigenvalue weighted by atomic mass is 16.5. The van der Waals surface area contributed by atoms with E-state index in [9.17, 15) is 0 Å². The zero-order valence-corrected chi connectivity index (χ0v) is 12.8. The molecular weight excluding hydrogens is 258 g/mol. The van der Waals surface area contributed by atoms with Crippen LogP contribution in [0, 0.1) is 5.41 Å². The van der Waals surface area contributed by atoms with E-state index < -0.39 is 0 Å². The topological polar surface area (TPSA) is 21.3 Å². The standard InChI is InChI=1S/C19H23NO/c1-19(2)13-20-12-18(21-14-19)17-10-8-16(9-11-17)15-6-4-3-5-7-15/h3-11,18,20H,12-14H2,1-2H3. The molecule has 1 atom stereocenters. The van der Waals surface area contributed by atoms with E-state index in [2.05, 4.69) is 67.7 Å². The Balaban J connectivity index is 1.75. The molecule has 1 fully saturated rings. The number of benzene rings is 2. The average molecular weight is 281 g/mol. The first-order valence-corrected chi connectivity index (χ1v) is 7.62. The van der Waals surface area contributed by atoms with Crippen LogP contribution in [0.2, 0.25) is 0 Å². The Morgan fingerprint density at radius 1 is 0.952 bits per heavy atom. The first-order chi connectivity index (χ1) is 10.1. The summed E-state index contributed by atoms with van der Waals surface area (Å²) in [7, 11) is 0. The molecule has 110 valence electrons. The maximum absolute atomic E-state index is 6.09. The minimum Gasteiger partial charge on any atom is -0.372 e. The number of hydrogen-bond acceptors (Lipinski definition) is 2. The zero-order valence-electron chi connectivity index (χ0n) is 12.8. The lowest BCUT2D eigenvalue weighted by Crippen LogP contribution is -2.29. The van der Waals surface area contributed by atoms with Crippen molar-refractivity contribution in [3.8, 4) is 11.1 Å². The van der Waals surface area contributed by atoms with Gasteiger partial charge in [0.2, 0.25) is 0 Å². The Kier molecular flexibility index (Phi) is 4.09. The number of rotatable bonds is 2. The van der Waals surface area contributed by atoms with Crippen LogP contribution in [0.15, 0.2) is 54.6 Å².